The van der Waals surface area contributed by atoms with Crippen LogP contribution in [-0.4, -0.2) is 41.1 Å². The summed E-state index contributed by atoms with van der Waals surface area (Å²) in [6.07, 6.45) is 1.01. The molecular formula is C20H23F2N3S. The SMILES string of the molecule is CCc1ccc(NC(=S)N2CCN(Cc3cccc(F)c3F)CC2)cc1. The molecule has 0 amide bonds. The Kier molecular flexibility index (Phi) is 6.16. The van der Waals surface area contributed by atoms with Gasteiger partial charge in [0.2, 0.25) is 0 Å². The minimum atomic E-state index is -0.791. The standard InChI is InChI=1S/C20H23F2N3S/c1-2-15-6-8-17(9-7-15)23-20(26)25-12-10-24(11-13-25)14-16-4-3-5-18(21)19(16)22/h3-9H,2,10-14H2,1H3,(H,23,26). The molecule has 6 heteroatoms. The van der Waals surface area contributed by atoms with Crippen LogP contribution in [-0.2, 0) is 13.0 Å². The number of piperazine rings is 1. The maximum Gasteiger partial charge on any atom is 0.173 e. The number of nitrogens with one attached hydrogen (secondary N) is 1. The lowest BCUT2D eigenvalue weighted by molar-refractivity contribution is 0.175. The highest BCUT2D eigenvalue weighted by molar-refractivity contribution is 7.80. The molecule has 3 nitrogen and oxygen atoms in total. The largest absolute Gasteiger partial charge is 0.346 e. The highest BCUT2D eigenvalue weighted by Crippen LogP contribution is 2.16. The third kappa shape index (κ3) is 4.56. The Labute approximate surface area is 158 Å². The molecule has 2 aromatic carbocycles. The molecule has 0 aliphatic carbocycles. The number of halogens is 2. The third-order valence-electron chi connectivity index (χ3n) is 4.70. The molecule has 1 aliphatic heterocycles. The van der Waals surface area contributed by atoms with Crippen molar-refractivity contribution in [1.82, 2.24) is 9.80 Å². The number of aryl methyl sites for hydroxylation is 1. The van der Waals surface area contributed by atoms with E-state index < -0.39 is 11.6 Å². The van der Waals surface area contributed by atoms with Crippen molar-refractivity contribution in [2.45, 2.75) is 19.9 Å². The predicted molar refractivity (Wildman–Crippen MR) is 105 cm³/mol. The first kappa shape index (κ1) is 18.7. The first-order valence-corrected chi connectivity index (χ1v) is 9.27. The molecule has 0 radical (unpaired) electrons. The van der Waals surface area contributed by atoms with Crippen LogP contribution in [0.1, 0.15) is 18.1 Å². The fourth-order valence-corrected chi connectivity index (χ4v) is 3.35. The van der Waals surface area contributed by atoms with Gasteiger partial charge >= 0.3 is 0 Å². The lowest BCUT2D eigenvalue weighted by atomic mass is 10.1. The van der Waals surface area contributed by atoms with E-state index in [1.165, 1.54) is 5.56 Å². The molecule has 0 atom stereocenters. The highest BCUT2D eigenvalue weighted by atomic mass is 32.1. The third-order valence-corrected chi connectivity index (χ3v) is 5.06. The van der Waals surface area contributed by atoms with Crippen LogP contribution in [0, 0.1) is 11.6 Å². The van der Waals surface area contributed by atoms with E-state index in [0.717, 1.165) is 44.4 Å². The van der Waals surface area contributed by atoms with Gasteiger partial charge in [0, 0.05) is 44.0 Å². The number of thiocarbonyl (C=S) groups is 1. The fourth-order valence-electron chi connectivity index (χ4n) is 3.05. The summed E-state index contributed by atoms with van der Waals surface area (Å²) in [6.45, 7) is 5.57. The first-order valence-electron chi connectivity index (χ1n) is 8.87. The second-order valence-electron chi connectivity index (χ2n) is 6.46. The zero-order valence-electron chi connectivity index (χ0n) is 14.8. The van der Waals surface area contributed by atoms with Crippen molar-refractivity contribution in [3.63, 3.8) is 0 Å². The molecule has 0 spiro atoms. The quantitative estimate of drug-likeness (QED) is 0.813. The van der Waals surface area contributed by atoms with E-state index in [1.54, 1.807) is 12.1 Å². The van der Waals surface area contributed by atoms with Crippen LogP contribution in [0.4, 0.5) is 14.5 Å². The van der Waals surface area contributed by atoms with E-state index in [0.29, 0.717) is 17.2 Å². The van der Waals surface area contributed by atoms with E-state index >= 15 is 0 Å². The molecule has 0 saturated carbocycles. The van der Waals surface area contributed by atoms with Crippen LogP contribution in [0.15, 0.2) is 42.5 Å². The molecule has 2 aromatic rings. The van der Waals surface area contributed by atoms with Crippen molar-refractivity contribution >= 4 is 23.0 Å². The van der Waals surface area contributed by atoms with Crippen LogP contribution in [0.2, 0.25) is 0 Å². The molecule has 0 aromatic heterocycles. The van der Waals surface area contributed by atoms with Gasteiger partial charge in [-0.2, -0.15) is 0 Å². The van der Waals surface area contributed by atoms with Gasteiger partial charge in [-0.15, -0.1) is 0 Å². The molecule has 1 saturated heterocycles. The monoisotopic (exact) mass is 375 g/mol. The minimum Gasteiger partial charge on any atom is -0.346 e. The Morgan fingerprint density at radius 2 is 1.73 bits per heavy atom. The van der Waals surface area contributed by atoms with Crippen LogP contribution < -0.4 is 5.32 Å². The molecule has 0 bridgehead atoms. The van der Waals surface area contributed by atoms with Crippen LogP contribution in [0.5, 0.6) is 0 Å². The Morgan fingerprint density at radius 1 is 1.04 bits per heavy atom. The van der Waals surface area contributed by atoms with E-state index in [-0.39, 0.29) is 0 Å². The zero-order chi connectivity index (χ0) is 18.5. The molecule has 138 valence electrons. The van der Waals surface area contributed by atoms with Gasteiger partial charge in [0.05, 0.1) is 0 Å². The van der Waals surface area contributed by atoms with Crippen molar-refractivity contribution < 1.29 is 8.78 Å². The maximum absolute atomic E-state index is 13.8. The Hall–Kier alpha value is -2.05. The lowest BCUT2D eigenvalue weighted by Gasteiger charge is -2.36. The van der Waals surface area contributed by atoms with Crippen LogP contribution in [0.3, 0.4) is 0 Å². The summed E-state index contributed by atoms with van der Waals surface area (Å²) in [4.78, 5) is 4.23. The summed E-state index contributed by atoms with van der Waals surface area (Å²) in [5.74, 6) is -1.54. The Balaban J connectivity index is 1.51. The molecule has 1 fully saturated rings. The van der Waals surface area contributed by atoms with Gasteiger partial charge in [-0.1, -0.05) is 31.2 Å². The van der Waals surface area contributed by atoms with Gasteiger partial charge in [-0.25, -0.2) is 8.78 Å². The molecular weight excluding hydrogens is 352 g/mol. The zero-order valence-corrected chi connectivity index (χ0v) is 15.7. The Bertz CT molecular complexity index is 756. The van der Waals surface area contributed by atoms with Crippen molar-refractivity contribution in [3.05, 3.63) is 65.2 Å². The molecule has 0 unspecified atom stereocenters. The lowest BCUT2D eigenvalue weighted by Crippen LogP contribution is -2.49. The summed E-state index contributed by atoms with van der Waals surface area (Å²) in [5, 5.41) is 3.97. The summed E-state index contributed by atoms with van der Waals surface area (Å²) in [7, 11) is 0. The van der Waals surface area contributed by atoms with Gasteiger partial charge in [0.1, 0.15) is 0 Å². The molecule has 26 heavy (non-hydrogen) atoms. The molecule has 1 N–H and O–H groups in total. The highest BCUT2D eigenvalue weighted by Gasteiger charge is 2.20. The van der Waals surface area contributed by atoms with Gasteiger partial charge in [0.25, 0.3) is 0 Å². The smallest absolute Gasteiger partial charge is 0.173 e. The maximum atomic E-state index is 13.8. The van der Waals surface area contributed by atoms with Gasteiger partial charge in [0.15, 0.2) is 16.7 Å². The van der Waals surface area contributed by atoms with Crippen molar-refractivity contribution in [3.8, 4) is 0 Å². The second-order valence-corrected chi connectivity index (χ2v) is 6.84. The summed E-state index contributed by atoms with van der Waals surface area (Å²) in [6, 6.07) is 12.6. The average Bonchev–Trinajstić information content (AvgIpc) is 2.66. The van der Waals surface area contributed by atoms with Crippen LogP contribution in [0.25, 0.3) is 0 Å². The van der Waals surface area contributed by atoms with Crippen molar-refractivity contribution in [1.29, 1.82) is 0 Å². The number of anilines is 1. The van der Waals surface area contributed by atoms with Gasteiger partial charge in [-0.05, 0) is 42.4 Å². The van der Waals surface area contributed by atoms with E-state index in [4.69, 9.17) is 12.2 Å². The van der Waals surface area contributed by atoms with E-state index in [9.17, 15) is 8.78 Å². The van der Waals surface area contributed by atoms with Gasteiger partial charge < -0.3 is 10.2 Å². The number of rotatable bonds is 4. The normalized spacial score (nSPS) is 15.1. The summed E-state index contributed by atoms with van der Waals surface area (Å²) in [5.41, 5.74) is 2.67. The fraction of sp³-hybridized carbons (Fsp3) is 0.350. The summed E-state index contributed by atoms with van der Waals surface area (Å²) < 4.78 is 27.1. The van der Waals surface area contributed by atoms with Crippen LogP contribution >= 0.6 is 12.2 Å². The number of hydrogen-bond acceptors (Lipinski definition) is 2. The minimum absolute atomic E-state index is 0.398. The number of benzene rings is 2. The number of nitrogens with zero attached hydrogens (tertiary/aromatic N) is 2. The van der Waals surface area contributed by atoms with E-state index in [1.807, 2.05) is 12.1 Å². The van der Waals surface area contributed by atoms with E-state index in [2.05, 4.69) is 34.2 Å². The second kappa shape index (κ2) is 8.56. The van der Waals surface area contributed by atoms with Crippen molar-refractivity contribution in [2.24, 2.45) is 0 Å². The topological polar surface area (TPSA) is 18.5 Å². The molecule has 1 heterocycles. The summed E-state index contributed by atoms with van der Waals surface area (Å²) >= 11 is 5.51. The molecule has 1 aliphatic rings. The number of hydrogen-bond donors (Lipinski definition) is 1. The average molecular weight is 375 g/mol. The Morgan fingerprint density at radius 3 is 2.38 bits per heavy atom. The predicted octanol–water partition coefficient (Wildman–Crippen LogP) is 4.04. The first-order chi connectivity index (χ1) is 12.6. The van der Waals surface area contributed by atoms with Crippen molar-refractivity contribution in [2.75, 3.05) is 31.5 Å². The molecule has 3 rings (SSSR count). The van der Waals surface area contributed by atoms with Gasteiger partial charge in [-0.3, -0.25) is 4.90 Å².